The molecule has 0 aliphatic heterocycles. The van der Waals surface area contributed by atoms with Crippen LogP contribution in [0.1, 0.15) is 24.2 Å². The summed E-state index contributed by atoms with van der Waals surface area (Å²) in [5.74, 6) is -2.85. The molecule has 0 radical (unpaired) electrons. The van der Waals surface area contributed by atoms with Crippen molar-refractivity contribution in [2.75, 3.05) is 6.54 Å². The van der Waals surface area contributed by atoms with Crippen LogP contribution in [0.5, 0.6) is 0 Å². The molecule has 21 heavy (non-hydrogen) atoms. The van der Waals surface area contributed by atoms with Gasteiger partial charge in [-0.2, -0.15) is 0 Å². The Morgan fingerprint density at radius 2 is 1.81 bits per heavy atom. The zero-order chi connectivity index (χ0) is 16.0. The molecule has 0 aliphatic carbocycles. The van der Waals surface area contributed by atoms with E-state index in [0.717, 1.165) is 5.52 Å². The van der Waals surface area contributed by atoms with Crippen molar-refractivity contribution in [1.29, 1.82) is 0 Å². The molecule has 1 aromatic carbocycles. The highest BCUT2D eigenvalue weighted by molar-refractivity contribution is 6.45. The van der Waals surface area contributed by atoms with Crippen LogP contribution in [0, 0.1) is 0 Å². The second-order valence-corrected chi connectivity index (χ2v) is 4.08. The average molecular weight is 290 g/mol. The third-order valence-electron chi connectivity index (χ3n) is 2.75. The minimum absolute atomic E-state index is 0.265. The van der Waals surface area contributed by atoms with Crippen molar-refractivity contribution in [2.45, 2.75) is 13.8 Å². The Bertz CT molecular complexity index is 673. The lowest BCUT2D eigenvalue weighted by molar-refractivity contribution is -0.137. The van der Waals surface area contributed by atoms with E-state index in [1.54, 1.807) is 29.9 Å². The van der Waals surface area contributed by atoms with Crippen LogP contribution >= 0.6 is 0 Å². The van der Waals surface area contributed by atoms with E-state index < -0.39 is 24.2 Å². The predicted octanol–water partition coefficient (Wildman–Crippen LogP) is 1.59. The minimum atomic E-state index is -1.20. The highest BCUT2D eigenvalue weighted by atomic mass is 16.4. The van der Waals surface area contributed by atoms with Crippen molar-refractivity contribution in [1.82, 2.24) is 9.88 Å². The first-order chi connectivity index (χ1) is 10.0. The molecule has 0 aliphatic rings. The van der Waals surface area contributed by atoms with Crippen molar-refractivity contribution < 1.29 is 19.5 Å². The standard InChI is InChI=1S/C13H12N2O4.C2H6/c1-15-7-9(8-4-2-3-5-10(8)15)12(18)13(19)14-6-11(16)17;1-2/h2-5,7H,6H2,1H3,(H,14,19)(H,16,17);1-2H3. The molecule has 6 heteroatoms. The number of nitrogens with one attached hydrogen (secondary N) is 1. The molecular formula is C15H18N2O4. The van der Waals surface area contributed by atoms with E-state index in [1.807, 2.05) is 26.0 Å². The summed E-state index contributed by atoms with van der Waals surface area (Å²) in [5, 5.41) is 11.2. The normalized spacial score (nSPS) is 9.67. The number of aryl methyl sites for hydroxylation is 1. The first kappa shape index (κ1) is 16.4. The molecule has 0 bridgehead atoms. The zero-order valence-electron chi connectivity index (χ0n) is 12.2. The molecule has 2 rings (SSSR count). The number of rotatable bonds is 4. The van der Waals surface area contributed by atoms with Crippen LogP contribution in [0.3, 0.4) is 0 Å². The van der Waals surface area contributed by atoms with Crippen LogP contribution in [-0.4, -0.2) is 33.9 Å². The fourth-order valence-corrected chi connectivity index (χ4v) is 1.88. The molecule has 0 saturated heterocycles. The molecule has 0 saturated carbocycles. The number of para-hydroxylation sites is 1. The maximum atomic E-state index is 12.0. The number of carboxylic acids is 1. The Morgan fingerprint density at radius 3 is 2.43 bits per heavy atom. The molecule has 112 valence electrons. The zero-order valence-corrected chi connectivity index (χ0v) is 12.2. The molecule has 1 heterocycles. The predicted molar refractivity (Wildman–Crippen MR) is 79.2 cm³/mol. The van der Waals surface area contributed by atoms with Gasteiger partial charge in [0.1, 0.15) is 6.54 Å². The number of aromatic nitrogens is 1. The summed E-state index contributed by atoms with van der Waals surface area (Å²) in [5.41, 5.74) is 1.10. The number of amides is 1. The van der Waals surface area contributed by atoms with Crippen molar-refractivity contribution in [3.8, 4) is 0 Å². The van der Waals surface area contributed by atoms with Crippen molar-refractivity contribution in [2.24, 2.45) is 7.05 Å². The molecule has 2 N–H and O–H groups in total. The molecule has 0 unspecified atom stereocenters. The van der Waals surface area contributed by atoms with Gasteiger partial charge in [0.05, 0.1) is 5.56 Å². The van der Waals surface area contributed by atoms with Gasteiger partial charge in [-0.1, -0.05) is 32.0 Å². The lowest BCUT2D eigenvalue weighted by atomic mass is 10.1. The number of fused-ring (bicyclic) bond motifs is 1. The maximum absolute atomic E-state index is 12.0. The molecule has 1 aromatic heterocycles. The fourth-order valence-electron chi connectivity index (χ4n) is 1.88. The van der Waals surface area contributed by atoms with Crippen LogP contribution in [0.4, 0.5) is 0 Å². The second-order valence-electron chi connectivity index (χ2n) is 4.08. The number of carbonyl (C=O) groups excluding carboxylic acids is 2. The van der Waals surface area contributed by atoms with E-state index >= 15 is 0 Å². The molecule has 6 nitrogen and oxygen atoms in total. The number of Topliss-reactive ketones (excluding diaryl/α,β-unsaturated/α-hetero) is 1. The summed E-state index contributed by atoms with van der Waals surface area (Å²) >= 11 is 0. The summed E-state index contributed by atoms with van der Waals surface area (Å²) in [7, 11) is 1.77. The van der Waals surface area contributed by atoms with E-state index in [1.165, 1.54) is 0 Å². The summed E-state index contributed by atoms with van der Waals surface area (Å²) in [6, 6.07) is 7.18. The number of hydrogen-bond donors (Lipinski definition) is 2. The van der Waals surface area contributed by atoms with Crippen LogP contribution in [0.2, 0.25) is 0 Å². The van der Waals surface area contributed by atoms with Gasteiger partial charge in [0, 0.05) is 24.1 Å². The largest absolute Gasteiger partial charge is 0.480 e. The van der Waals surface area contributed by atoms with E-state index in [9.17, 15) is 14.4 Å². The first-order valence-electron chi connectivity index (χ1n) is 6.59. The number of carbonyl (C=O) groups is 3. The van der Waals surface area contributed by atoms with E-state index in [4.69, 9.17) is 5.11 Å². The van der Waals surface area contributed by atoms with Gasteiger partial charge >= 0.3 is 5.97 Å². The van der Waals surface area contributed by atoms with Crippen molar-refractivity contribution in [3.63, 3.8) is 0 Å². The van der Waals surface area contributed by atoms with Crippen LogP contribution in [-0.2, 0) is 16.6 Å². The third kappa shape index (κ3) is 3.68. The van der Waals surface area contributed by atoms with Gasteiger partial charge in [0.15, 0.2) is 0 Å². The highest BCUT2D eigenvalue weighted by Gasteiger charge is 2.20. The molecular weight excluding hydrogens is 272 g/mol. The maximum Gasteiger partial charge on any atom is 0.322 e. The number of benzene rings is 1. The third-order valence-corrected chi connectivity index (χ3v) is 2.75. The number of ketones is 1. The lowest BCUT2D eigenvalue weighted by Crippen LogP contribution is -2.34. The first-order valence-corrected chi connectivity index (χ1v) is 6.59. The van der Waals surface area contributed by atoms with E-state index in [-0.39, 0.29) is 5.56 Å². The van der Waals surface area contributed by atoms with Gasteiger partial charge in [-0.3, -0.25) is 14.4 Å². The van der Waals surface area contributed by atoms with Gasteiger partial charge in [-0.15, -0.1) is 0 Å². The summed E-state index contributed by atoms with van der Waals surface area (Å²) in [4.78, 5) is 33.9. The molecule has 0 atom stereocenters. The number of aliphatic carboxylic acids is 1. The molecule has 1 amide bonds. The fraction of sp³-hybridized carbons (Fsp3) is 0.267. The number of carboxylic acid groups (broad SMARTS) is 1. The van der Waals surface area contributed by atoms with Crippen LogP contribution < -0.4 is 5.32 Å². The van der Waals surface area contributed by atoms with Gasteiger partial charge < -0.3 is 15.0 Å². The topological polar surface area (TPSA) is 88.4 Å². The molecule has 0 fully saturated rings. The van der Waals surface area contributed by atoms with E-state index in [2.05, 4.69) is 5.32 Å². The SMILES string of the molecule is CC.Cn1cc(C(=O)C(=O)NCC(=O)O)c2ccccc21. The van der Waals surface area contributed by atoms with Crippen LogP contribution in [0.25, 0.3) is 10.9 Å². The van der Waals surface area contributed by atoms with Gasteiger partial charge in [0.25, 0.3) is 11.7 Å². The minimum Gasteiger partial charge on any atom is -0.480 e. The van der Waals surface area contributed by atoms with Gasteiger partial charge in [-0.25, -0.2) is 0 Å². The smallest absolute Gasteiger partial charge is 0.322 e. The number of nitrogens with zero attached hydrogens (tertiary/aromatic N) is 1. The van der Waals surface area contributed by atoms with E-state index in [0.29, 0.717) is 5.39 Å². The molecule has 0 spiro atoms. The Balaban J connectivity index is 0.00000106. The molecule has 2 aromatic rings. The summed E-state index contributed by atoms with van der Waals surface area (Å²) < 4.78 is 1.74. The quantitative estimate of drug-likeness (QED) is 0.661. The Labute approximate surface area is 122 Å². The van der Waals surface area contributed by atoms with Crippen molar-refractivity contribution in [3.05, 3.63) is 36.0 Å². The van der Waals surface area contributed by atoms with Gasteiger partial charge in [-0.05, 0) is 6.07 Å². The van der Waals surface area contributed by atoms with Crippen LogP contribution in [0.15, 0.2) is 30.5 Å². The summed E-state index contributed by atoms with van der Waals surface area (Å²) in [6.45, 7) is 3.43. The Morgan fingerprint density at radius 1 is 1.19 bits per heavy atom. The van der Waals surface area contributed by atoms with Crippen molar-refractivity contribution >= 4 is 28.6 Å². The number of hydrogen-bond acceptors (Lipinski definition) is 3. The Kier molecular flexibility index (Phi) is 5.66. The average Bonchev–Trinajstić information content (AvgIpc) is 2.84. The summed E-state index contributed by atoms with van der Waals surface area (Å²) in [6.07, 6.45) is 1.56. The highest BCUT2D eigenvalue weighted by Crippen LogP contribution is 2.20. The lowest BCUT2D eigenvalue weighted by Gasteiger charge is -2.00. The Hall–Kier alpha value is -2.63. The second kappa shape index (κ2) is 7.23. The van der Waals surface area contributed by atoms with Gasteiger partial charge in [0.2, 0.25) is 0 Å². The monoisotopic (exact) mass is 290 g/mol.